The number of hydrogen-bond donors (Lipinski definition) is 0. The molecule has 1 aliphatic heterocycles. The number of carbonyl (C=O) groups is 1. The molecule has 1 saturated heterocycles. The molecule has 0 N–H and O–H groups in total. The van der Waals surface area contributed by atoms with E-state index in [1.807, 2.05) is 0 Å². The Kier molecular flexibility index (Phi) is 2.44. The fourth-order valence-corrected chi connectivity index (χ4v) is 1.68. The molecule has 0 aliphatic carbocycles. The third-order valence-corrected chi connectivity index (χ3v) is 2.22. The lowest BCUT2D eigenvalue weighted by Gasteiger charge is -2.16. The zero-order valence-electron chi connectivity index (χ0n) is 6.71. The van der Waals surface area contributed by atoms with E-state index in [0.717, 1.165) is 25.8 Å². The molecule has 0 amide bonds. The summed E-state index contributed by atoms with van der Waals surface area (Å²) in [5.74, 6) is 0.704. The Labute approximate surface area is 62.2 Å². The van der Waals surface area contributed by atoms with E-state index < -0.39 is 0 Å². The Hall–Kier alpha value is -0.370. The van der Waals surface area contributed by atoms with Crippen molar-refractivity contribution >= 4 is 6.29 Å². The number of carbonyl (C=O) groups excluding carboxylic acids is 1. The van der Waals surface area contributed by atoms with Gasteiger partial charge < -0.3 is 4.79 Å². The van der Waals surface area contributed by atoms with Gasteiger partial charge in [-0.3, -0.25) is 4.90 Å². The summed E-state index contributed by atoms with van der Waals surface area (Å²) in [5.41, 5.74) is 0. The summed E-state index contributed by atoms with van der Waals surface area (Å²) in [6.07, 6.45) is 2.13. The van der Waals surface area contributed by atoms with Crippen LogP contribution in [-0.2, 0) is 4.79 Å². The van der Waals surface area contributed by atoms with Crippen LogP contribution in [-0.4, -0.2) is 30.3 Å². The van der Waals surface area contributed by atoms with Crippen molar-refractivity contribution in [2.75, 3.05) is 13.1 Å². The molecule has 1 fully saturated rings. The van der Waals surface area contributed by atoms with Crippen molar-refractivity contribution in [1.82, 2.24) is 4.90 Å². The fraction of sp³-hybridized carbons (Fsp3) is 0.875. The molecule has 0 saturated carbocycles. The first-order valence-corrected chi connectivity index (χ1v) is 3.97. The molecule has 2 unspecified atom stereocenters. The molecule has 1 aliphatic rings. The molecule has 2 heteroatoms. The first-order valence-electron chi connectivity index (χ1n) is 3.97. The minimum atomic E-state index is 0.208. The Bertz CT molecular complexity index is 124. The van der Waals surface area contributed by atoms with Crippen molar-refractivity contribution in [2.24, 2.45) is 5.92 Å². The van der Waals surface area contributed by atoms with Crippen LogP contribution in [0.25, 0.3) is 0 Å². The van der Waals surface area contributed by atoms with Crippen LogP contribution in [0.5, 0.6) is 0 Å². The molecule has 0 aromatic rings. The largest absolute Gasteiger partial charge is 0.302 e. The maximum absolute atomic E-state index is 10.5. The first kappa shape index (κ1) is 7.73. The second-order valence-corrected chi connectivity index (χ2v) is 3.13. The van der Waals surface area contributed by atoms with Gasteiger partial charge in [0, 0.05) is 6.54 Å². The van der Waals surface area contributed by atoms with Crippen LogP contribution in [0.4, 0.5) is 0 Å². The maximum Gasteiger partial charge on any atom is 0.137 e. The minimum absolute atomic E-state index is 0.208. The van der Waals surface area contributed by atoms with Gasteiger partial charge in [-0.2, -0.15) is 0 Å². The molecule has 10 heavy (non-hydrogen) atoms. The standard InChI is InChI=1S/C8H15NO/c1-3-9-5-7(2)4-8(9)6-10/h6-8H,3-5H2,1-2H3. The lowest BCUT2D eigenvalue weighted by molar-refractivity contribution is -0.111. The van der Waals surface area contributed by atoms with E-state index in [1.54, 1.807) is 0 Å². The van der Waals surface area contributed by atoms with Gasteiger partial charge in [-0.1, -0.05) is 13.8 Å². The first-order chi connectivity index (χ1) is 4.77. The molecule has 0 radical (unpaired) electrons. The normalized spacial score (nSPS) is 34.6. The number of likely N-dealkylation sites (N-methyl/N-ethyl adjacent to an activating group) is 1. The van der Waals surface area contributed by atoms with E-state index in [-0.39, 0.29) is 6.04 Å². The topological polar surface area (TPSA) is 20.3 Å². The lowest BCUT2D eigenvalue weighted by atomic mass is 10.1. The number of hydrogen-bond acceptors (Lipinski definition) is 2. The van der Waals surface area contributed by atoms with E-state index in [1.165, 1.54) is 0 Å². The highest BCUT2D eigenvalue weighted by atomic mass is 16.1. The highest BCUT2D eigenvalue weighted by molar-refractivity contribution is 5.58. The van der Waals surface area contributed by atoms with Gasteiger partial charge >= 0.3 is 0 Å². The Morgan fingerprint density at radius 1 is 1.70 bits per heavy atom. The van der Waals surface area contributed by atoms with Crippen LogP contribution in [0.2, 0.25) is 0 Å². The van der Waals surface area contributed by atoms with Crippen LogP contribution >= 0.6 is 0 Å². The van der Waals surface area contributed by atoms with Gasteiger partial charge in [-0.05, 0) is 18.9 Å². The SMILES string of the molecule is CCN1CC(C)CC1C=O. The molecule has 2 atom stereocenters. The molecule has 0 spiro atoms. The molecule has 0 aromatic carbocycles. The van der Waals surface area contributed by atoms with Crippen LogP contribution in [0.1, 0.15) is 20.3 Å². The average Bonchev–Trinajstić information content (AvgIpc) is 2.30. The second-order valence-electron chi connectivity index (χ2n) is 3.13. The monoisotopic (exact) mass is 141 g/mol. The molecular weight excluding hydrogens is 126 g/mol. The van der Waals surface area contributed by atoms with Gasteiger partial charge in [0.2, 0.25) is 0 Å². The summed E-state index contributed by atoms with van der Waals surface area (Å²) < 4.78 is 0. The highest BCUT2D eigenvalue weighted by Gasteiger charge is 2.27. The van der Waals surface area contributed by atoms with Crippen LogP contribution in [0.3, 0.4) is 0 Å². The van der Waals surface area contributed by atoms with Crippen molar-refractivity contribution < 1.29 is 4.79 Å². The van der Waals surface area contributed by atoms with Crippen molar-refractivity contribution in [2.45, 2.75) is 26.3 Å². The minimum Gasteiger partial charge on any atom is -0.302 e. The van der Waals surface area contributed by atoms with E-state index in [2.05, 4.69) is 18.7 Å². The summed E-state index contributed by atoms with van der Waals surface area (Å²) >= 11 is 0. The van der Waals surface area contributed by atoms with E-state index in [4.69, 9.17) is 0 Å². The van der Waals surface area contributed by atoms with Crippen molar-refractivity contribution in [1.29, 1.82) is 0 Å². The number of likely N-dealkylation sites (tertiary alicyclic amines) is 1. The van der Waals surface area contributed by atoms with E-state index in [9.17, 15) is 4.79 Å². The Morgan fingerprint density at radius 2 is 2.40 bits per heavy atom. The summed E-state index contributed by atoms with van der Waals surface area (Å²) in [6, 6.07) is 0.208. The van der Waals surface area contributed by atoms with E-state index >= 15 is 0 Å². The lowest BCUT2D eigenvalue weighted by Crippen LogP contribution is -2.30. The molecular formula is C8H15NO. The molecule has 1 rings (SSSR count). The zero-order valence-corrected chi connectivity index (χ0v) is 6.71. The number of aldehydes is 1. The van der Waals surface area contributed by atoms with Gasteiger partial charge in [-0.15, -0.1) is 0 Å². The summed E-state index contributed by atoms with van der Waals surface area (Å²) in [6.45, 7) is 6.41. The summed E-state index contributed by atoms with van der Waals surface area (Å²) in [5, 5.41) is 0. The van der Waals surface area contributed by atoms with Crippen molar-refractivity contribution in [3.63, 3.8) is 0 Å². The molecule has 58 valence electrons. The maximum atomic E-state index is 10.5. The third kappa shape index (κ3) is 1.37. The zero-order chi connectivity index (χ0) is 7.56. The second kappa shape index (κ2) is 3.15. The number of rotatable bonds is 2. The quantitative estimate of drug-likeness (QED) is 0.533. The smallest absolute Gasteiger partial charge is 0.137 e. The summed E-state index contributed by atoms with van der Waals surface area (Å²) in [4.78, 5) is 12.7. The van der Waals surface area contributed by atoms with Crippen LogP contribution in [0, 0.1) is 5.92 Å². The van der Waals surface area contributed by atoms with E-state index in [0.29, 0.717) is 5.92 Å². The van der Waals surface area contributed by atoms with Gasteiger partial charge in [0.05, 0.1) is 6.04 Å². The predicted molar refractivity (Wildman–Crippen MR) is 40.9 cm³/mol. The van der Waals surface area contributed by atoms with Crippen LogP contribution < -0.4 is 0 Å². The number of nitrogens with zero attached hydrogens (tertiary/aromatic N) is 1. The highest BCUT2D eigenvalue weighted by Crippen LogP contribution is 2.20. The predicted octanol–water partition coefficient (Wildman–Crippen LogP) is 0.916. The van der Waals surface area contributed by atoms with Gasteiger partial charge in [-0.25, -0.2) is 0 Å². The average molecular weight is 141 g/mol. The molecule has 0 aromatic heterocycles. The fourth-order valence-electron chi connectivity index (χ4n) is 1.68. The van der Waals surface area contributed by atoms with Gasteiger partial charge in [0.25, 0.3) is 0 Å². The Morgan fingerprint density at radius 3 is 2.80 bits per heavy atom. The molecule has 0 bridgehead atoms. The Balaban J connectivity index is 2.48. The third-order valence-electron chi connectivity index (χ3n) is 2.22. The van der Waals surface area contributed by atoms with Crippen molar-refractivity contribution in [3.05, 3.63) is 0 Å². The van der Waals surface area contributed by atoms with Gasteiger partial charge in [0.15, 0.2) is 0 Å². The molecule has 2 nitrogen and oxygen atoms in total. The van der Waals surface area contributed by atoms with Gasteiger partial charge in [0.1, 0.15) is 6.29 Å². The van der Waals surface area contributed by atoms with Crippen LogP contribution in [0.15, 0.2) is 0 Å². The summed E-state index contributed by atoms with van der Waals surface area (Å²) in [7, 11) is 0. The van der Waals surface area contributed by atoms with Crippen molar-refractivity contribution in [3.8, 4) is 0 Å². The molecule has 1 heterocycles.